The first-order valence-corrected chi connectivity index (χ1v) is 8.44. The van der Waals surface area contributed by atoms with Gasteiger partial charge < -0.3 is 10.1 Å². The second kappa shape index (κ2) is 5.72. The third-order valence-corrected chi connectivity index (χ3v) is 5.12. The zero-order chi connectivity index (χ0) is 15.8. The number of hydrogen-bond donors (Lipinski definition) is 2. The van der Waals surface area contributed by atoms with Crippen molar-refractivity contribution < 1.29 is 5.11 Å². The lowest BCUT2D eigenvalue weighted by Crippen LogP contribution is -1.89. The third-order valence-electron chi connectivity index (χ3n) is 3.83. The number of hydrogen-bond acceptors (Lipinski definition) is 3. The van der Waals surface area contributed by atoms with Gasteiger partial charge in [0.1, 0.15) is 11.4 Å². The first-order valence-electron chi connectivity index (χ1n) is 7.18. The molecule has 0 aliphatic carbocycles. The van der Waals surface area contributed by atoms with Gasteiger partial charge in [0.05, 0.1) is 0 Å². The molecule has 3 heterocycles. The SMILES string of the molecule is Oc1ccc(Cl)c(Cc2c[nH]c3ncc(-c4cccs4)cc23)c1. The molecule has 0 aliphatic heterocycles. The van der Waals surface area contributed by atoms with E-state index in [0.717, 1.165) is 27.7 Å². The van der Waals surface area contributed by atoms with Crippen molar-refractivity contribution in [1.82, 2.24) is 9.97 Å². The van der Waals surface area contributed by atoms with E-state index >= 15 is 0 Å². The molecule has 0 bridgehead atoms. The summed E-state index contributed by atoms with van der Waals surface area (Å²) in [7, 11) is 0. The molecule has 23 heavy (non-hydrogen) atoms. The molecule has 4 aromatic rings. The number of pyridine rings is 1. The van der Waals surface area contributed by atoms with Crippen molar-refractivity contribution in [3.05, 3.63) is 70.3 Å². The summed E-state index contributed by atoms with van der Waals surface area (Å²) >= 11 is 7.94. The molecule has 4 rings (SSSR count). The molecule has 0 fully saturated rings. The van der Waals surface area contributed by atoms with Gasteiger partial charge in [0.25, 0.3) is 0 Å². The molecule has 3 aromatic heterocycles. The first kappa shape index (κ1) is 14.3. The van der Waals surface area contributed by atoms with Crippen molar-refractivity contribution in [2.75, 3.05) is 0 Å². The van der Waals surface area contributed by atoms with Crippen LogP contribution in [0.1, 0.15) is 11.1 Å². The quantitative estimate of drug-likeness (QED) is 0.535. The minimum Gasteiger partial charge on any atom is -0.508 e. The highest BCUT2D eigenvalue weighted by Gasteiger charge is 2.10. The number of nitrogens with zero attached hydrogens (tertiary/aromatic N) is 1. The van der Waals surface area contributed by atoms with Crippen LogP contribution < -0.4 is 0 Å². The Labute approximate surface area is 142 Å². The van der Waals surface area contributed by atoms with Gasteiger partial charge in [-0.3, -0.25) is 0 Å². The fourth-order valence-corrected chi connectivity index (χ4v) is 3.58. The van der Waals surface area contributed by atoms with E-state index in [0.29, 0.717) is 11.4 Å². The Hall–Kier alpha value is -2.30. The summed E-state index contributed by atoms with van der Waals surface area (Å²) in [6.07, 6.45) is 4.48. The second-order valence-corrected chi connectivity index (χ2v) is 6.72. The van der Waals surface area contributed by atoms with Crippen molar-refractivity contribution in [2.45, 2.75) is 6.42 Å². The highest BCUT2D eigenvalue weighted by atomic mass is 35.5. The Kier molecular flexibility index (Phi) is 3.56. The number of aromatic nitrogens is 2. The number of halogens is 1. The maximum atomic E-state index is 9.67. The van der Waals surface area contributed by atoms with Gasteiger partial charge in [0.15, 0.2) is 0 Å². The fraction of sp³-hybridized carbons (Fsp3) is 0.0556. The van der Waals surface area contributed by atoms with E-state index in [-0.39, 0.29) is 5.75 Å². The van der Waals surface area contributed by atoms with Gasteiger partial charge >= 0.3 is 0 Å². The van der Waals surface area contributed by atoms with Crippen LogP contribution in [0.15, 0.2) is 54.2 Å². The molecule has 5 heteroatoms. The highest BCUT2D eigenvalue weighted by molar-refractivity contribution is 7.13. The van der Waals surface area contributed by atoms with Crippen LogP contribution in [0, 0.1) is 0 Å². The maximum Gasteiger partial charge on any atom is 0.137 e. The van der Waals surface area contributed by atoms with Crippen molar-refractivity contribution in [1.29, 1.82) is 0 Å². The zero-order valence-corrected chi connectivity index (χ0v) is 13.7. The third kappa shape index (κ3) is 2.71. The minimum atomic E-state index is 0.224. The van der Waals surface area contributed by atoms with Gasteiger partial charge in [-0.1, -0.05) is 17.7 Å². The summed E-state index contributed by atoms with van der Waals surface area (Å²) in [5.41, 5.74) is 3.97. The lowest BCUT2D eigenvalue weighted by Gasteiger charge is -2.05. The van der Waals surface area contributed by atoms with Crippen molar-refractivity contribution >= 4 is 34.0 Å². The summed E-state index contributed by atoms with van der Waals surface area (Å²) in [4.78, 5) is 8.91. The monoisotopic (exact) mass is 340 g/mol. The van der Waals surface area contributed by atoms with E-state index in [4.69, 9.17) is 11.6 Å². The van der Waals surface area contributed by atoms with Crippen LogP contribution in [0.2, 0.25) is 5.02 Å². The average molecular weight is 341 g/mol. The molecule has 0 radical (unpaired) electrons. The summed E-state index contributed by atoms with van der Waals surface area (Å²) in [6, 6.07) is 11.3. The van der Waals surface area contributed by atoms with E-state index in [1.807, 2.05) is 18.5 Å². The van der Waals surface area contributed by atoms with Crippen LogP contribution in [0.3, 0.4) is 0 Å². The first-order chi connectivity index (χ1) is 11.2. The number of thiophene rings is 1. The Morgan fingerprint density at radius 3 is 2.91 bits per heavy atom. The van der Waals surface area contributed by atoms with Crippen molar-refractivity contribution in [3.8, 4) is 16.2 Å². The van der Waals surface area contributed by atoms with Crippen molar-refractivity contribution in [3.63, 3.8) is 0 Å². The van der Waals surface area contributed by atoms with Crippen LogP contribution in [0.25, 0.3) is 21.5 Å². The van der Waals surface area contributed by atoms with E-state index in [9.17, 15) is 5.11 Å². The number of phenolic OH excluding ortho intramolecular Hbond substituents is 1. The Balaban J connectivity index is 1.78. The van der Waals surface area contributed by atoms with Crippen LogP contribution in [0.4, 0.5) is 0 Å². The van der Waals surface area contributed by atoms with Gasteiger partial charge in [0, 0.05) is 39.7 Å². The normalized spacial score (nSPS) is 11.2. The lowest BCUT2D eigenvalue weighted by atomic mass is 10.0. The number of aromatic amines is 1. The predicted molar refractivity (Wildman–Crippen MR) is 95.3 cm³/mol. The number of phenols is 1. The standard InChI is InChI=1S/C18H13ClN2OS/c19-16-4-3-14(22)7-11(16)6-12-9-20-18-15(12)8-13(10-21-18)17-2-1-5-23-17/h1-5,7-10,22H,6H2,(H,20,21). The van der Waals surface area contributed by atoms with Gasteiger partial charge in [-0.2, -0.15) is 0 Å². The van der Waals surface area contributed by atoms with Gasteiger partial charge in [-0.25, -0.2) is 4.98 Å². The molecule has 0 saturated carbocycles. The Morgan fingerprint density at radius 2 is 2.09 bits per heavy atom. The maximum absolute atomic E-state index is 9.67. The predicted octanol–water partition coefficient (Wildman–Crippen LogP) is 5.24. The molecule has 1 aromatic carbocycles. The van der Waals surface area contributed by atoms with E-state index in [2.05, 4.69) is 27.5 Å². The Bertz CT molecular complexity index is 976. The fourth-order valence-electron chi connectivity index (χ4n) is 2.68. The summed E-state index contributed by atoms with van der Waals surface area (Å²) < 4.78 is 0. The Morgan fingerprint density at radius 1 is 1.17 bits per heavy atom. The van der Waals surface area contributed by atoms with Gasteiger partial charge in [-0.15, -0.1) is 11.3 Å². The summed E-state index contributed by atoms with van der Waals surface area (Å²) in [6.45, 7) is 0. The van der Waals surface area contributed by atoms with Crippen LogP contribution in [-0.2, 0) is 6.42 Å². The number of benzene rings is 1. The molecule has 3 nitrogen and oxygen atoms in total. The van der Waals surface area contributed by atoms with E-state index in [1.165, 1.54) is 4.88 Å². The lowest BCUT2D eigenvalue weighted by molar-refractivity contribution is 0.474. The van der Waals surface area contributed by atoms with Gasteiger partial charge in [-0.05, 0) is 46.8 Å². The number of rotatable bonds is 3. The molecule has 2 N–H and O–H groups in total. The number of aromatic hydroxyl groups is 1. The minimum absolute atomic E-state index is 0.224. The summed E-state index contributed by atoms with van der Waals surface area (Å²) in [5.74, 6) is 0.224. The number of nitrogens with one attached hydrogen (secondary N) is 1. The molecule has 0 amide bonds. The molecule has 0 spiro atoms. The molecule has 0 saturated heterocycles. The molecule has 0 unspecified atom stereocenters. The van der Waals surface area contributed by atoms with E-state index < -0.39 is 0 Å². The second-order valence-electron chi connectivity index (χ2n) is 5.36. The van der Waals surface area contributed by atoms with Crippen LogP contribution in [0.5, 0.6) is 5.75 Å². The number of fused-ring (bicyclic) bond motifs is 1. The topological polar surface area (TPSA) is 48.9 Å². The molecule has 0 atom stereocenters. The molecule has 0 aliphatic rings. The average Bonchev–Trinajstić information content (AvgIpc) is 3.20. The number of H-pyrrole nitrogens is 1. The largest absolute Gasteiger partial charge is 0.508 e. The van der Waals surface area contributed by atoms with Crippen molar-refractivity contribution in [2.24, 2.45) is 0 Å². The van der Waals surface area contributed by atoms with Crippen LogP contribution in [-0.4, -0.2) is 15.1 Å². The molecular formula is C18H13ClN2OS. The van der Waals surface area contributed by atoms with E-state index in [1.54, 1.807) is 29.5 Å². The zero-order valence-electron chi connectivity index (χ0n) is 12.1. The molecule has 114 valence electrons. The smallest absolute Gasteiger partial charge is 0.137 e. The highest BCUT2D eigenvalue weighted by Crippen LogP contribution is 2.30. The molecular weight excluding hydrogens is 328 g/mol. The summed E-state index contributed by atoms with van der Waals surface area (Å²) in [5, 5.41) is 13.5. The van der Waals surface area contributed by atoms with Crippen LogP contribution >= 0.6 is 22.9 Å². The van der Waals surface area contributed by atoms with Gasteiger partial charge in [0.2, 0.25) is 0 Å².